The molecule has 0 saturated heterocycles. The average Bonchev–Trinajstić information content (AvgIpc) is 3.18. The minimum absolute atomic E-state index is 0.000182. The van der Waals surface area contributed by atoms with E-state index in [0.29, 0.717) is 5.56 Å². The summed E-state index contributed by atoms with van der Waals surface area (Å²) in [6.07, 6.45) is 3.72. The Balaban J connectivity index is 1.71. The molecule has 0 aliphatic carbocycles. The van der Waals surface area contributed by atoms with Crippen molar-refractivity contribution in [3.8, 4) is 5.75 Å². The van der Waals surface area contributed by atoms with Crippen molar-refractivity contribution in [1.82, 2.24) is 10.9 Å². The molecule has 1 heterocycles. The van der Waals surface area contributed by atoms with Crippen LogP contribution < -0.4 is 15.6 Å². The normalized spacial score (nSPS) is 10.6. The predicted octanol–water partition coefficient (Wildman–Crippen LogP) is 1.90. The largest absolute Gasteiger partial charge is 0.459 e. The average molecular weight is 380 g/mol. The fourth-order valence-corrected chi connectivity index (χ4v) is 1.74. The number of hydrazine groups is 1. The summed E-state index contributed by atoms with van der Waals surface area (Å²) in [5.41, 5.74) is 4.66. The highest BCUT2D eigenvalue weighted by Crippen LogP contribution is 2.15. The number of hydrogen-bond donors (Lipinski definition) is 2. The Bertz CT molecular complexity index is 803. The molecule has 0 bridgehead atoms. The lowest BCUT2D eigenvalue weighted by molar-refractivity contribution is -0.144. The summed E-state index contributed by atoms with van der Waals surface area (Å²) < 4.78 is 37.8. The molecule has 0 radical (unpaired) electrons. The van der Waals surface area contributed by atoms with Crippen LogP contribution in [-0.4, -0.2) is 31.0 Å². The summed E-state index contributed by atoms with van der Waals surface area (Å²) in [4.78, 5) is 34.5. The first-order valence-corrected chi connectivity index (χ1v) is 7.46. The molecule has 2 amide bonds. The van der Waals surface area contributed by atoms with E-state index in [1.807, 2.05) is 5.43 Å². The van der Waals surface area contributed by atoms with Gasteiger partial charge in [0.05, 0.1) is 6.26 Å². The summed E-state index contributed by atoms with van der Waals surface area (Å²) in [6, 6.07) is 8.44. The summed E-state index contributed by atoms with van der Waals surface area (Å²) in [6.45, 7) is -3.54. The fraction of sp³-hybridized carbons (Fsp3) is 0.118. The van der Waals surface area contributed by atoms with Gasteiger partial charge in [-0.2, -0.15) is 8.78 Å². The molecule has 8 nitrogen and oxygen atoms in total. The van der Waals surface area contributed by atoms with Gasteiger partial charge in [0.2, 0.25) is 0 Å². The van der Waals surface area contributed by atoms with Crippen LogP contribution in [-0.2, 0) is 14.3 Å². The maximum atomic E-state index is 12.0. The first-order valence-electron chi connectivity index (χ1n) is 7.46. The number of esters is 1. The zero-order chi connectivity index (χ0) is 19.6. The Morgan fingerprint density at radius 2 is 1.85 bits per heavy atom. The molecule has 0 unspecified atom stereocenters. The first-order chi connectivity index (χ1) is 12.9. The van der Waals surface area contributed by atoms with Crippen molar-refractivity contribution in [3.05, 3.63) is 60.1 Å². The molecule has 0 spiro atoms. The third-order valence-electron chi connectivity index (χ3n) is 2.92. The lowest BCUT2D eigenvalue weighted by Crippen LogP contribution is -2.43. The van der Waals surface area contributed by atoms with Crippen LogP contribution in [0.2, 0.25) is 0 Å². The molecule has 0 saturated carbocycles. The number of rotatable bonds is 7. The number of amides is 2. The van der Waals surface area contributed by atoms with E-state index in [1.54, 1.807) is 0 Å². The number of ether oxygens (including phenoxy) is 2. The van der Waals surface area contributed by atoms with Gasteiger partial charge in [-0.3, -0.25) is 20.4 Å². The highest BCUT2D eigenvalue weighted by atomic mass is 19.3. The maximum Gasteiger partial charge on any atom is 0.387 e. The number of halogens is 2. The lowest BCUT2D eigenvalue weighted by Gasteiger charge is -2.06. The predicted molar refractivity (Wildman–Crippen MR) is 87.4 cm³/mol. The number of hydrogen-bond acceptors (Lipinski definition) is 6. The second-order valence-electron chi connectivity index (χ2n) is 4.87. The van der Waals surface area contributed by atoms with E-state index >= 15 is 0 Å². The minimum atomic E-state index is -2.92. The van der Waals surface area contributed by atoms with Crippen LogP contribution >= 0.6 is 0 Å². The van der Waals surface area contributed by atoms with Gasteiger partial charge < -0.3 is 13.9 Å². The smallest absolute Gasteiger partial charge is 0.387 e. The van der Waals surface area contributed by atoms with Crippen LogP contribution in [0, 0.1) is 0 Å². The molecule has 10 heteroatoms. The molecule has 1 aromatic carbocycles. The van der Waals surface area contributed by atoms with Gasteiger partial charge in [-0.05, 0) is 35.9 Å². The van der Waals surface area contributed by atoms with Gasteiger partial charge in [-0.1, -0.05) is 12.1 Å². The monoisotopic (exact) mass is 380 g/mol. The second-order valence-corrected chi connectivity index (χ2v) is 4.87. The Morgan fingerprint density at radius 1 is 1.11 bits per heavy atom. The number of carbonyl (C=O) groups excluding carboxylic acids is 3. The van der Waals surface area contributed by atoms with Crippen LogP contribution in [0.3, 0.4) is 0 Å². The van der Waals surface area contributed by atoms with Gasteiger partial charge in [0.25, 0.3) is 5.91 Å². The van der Waals surface area contributed by atoms with E-state index in [0.717, 1.165) is 6.08 Å². The summed E-state index contributed by atoms with van der Waals surface area (Å²) in [5, 5.41) is 0. The van der Waals surface area contributed by atoms with Crippen molar-refractivity contribution in [1.29, 1.82) is 0 Å². The van der Waals surface area contributed by atoms with Gasteiger partial charge in [-0.15, -0.1) is 0 Å². The summed E-state index contributed by atoms with van der Waals surface area (Å²) >= 11 is 0. The molecule has 2 rings (SSSR count). The minimum Gasteiger partial charge on any atom is -0.459 e. The third-order valence-corrected chi connectivity index (χ3v) is 2.92. The van der Waals surface area contributed by atoms with Crippen LogP contribution in [0.5, 0.6) is 5.75 Å². The molecule has 27 heavy (non-hydrogen) atoms. The molecule has 2 aromatic rings. The van der Waals surface area contributed by atoms with Gasteiger partial charge in [-0.25, -0.2) is 4.79 Å². The topological polar surface area (TPSA) is 107 Å². The van der Waals surface area contributed by atoms with E-state index in [1.165, 1.54) is 48.7 Å². The fourth-order valence-electron chi connectivity index (χ4n) is 1.74. The number of furan rings is 1. The molecule has 142 valence electrons. The third kappa shape index (κ3) is 6.98. The van der Waals surface area contributed by atoms with Crippen molar-refractivity contribution >= 4 is 23.9 Å². The Morgan fingerprint density at radius 3 is 2.48 bits per heavy atom. The van der Waals surface area contributed by atoms with Crippen LogP contribution in [0.25, 0.3) is 6.08 Å². The highest BCUT2D eigenvalue weighted by Gasteiger charge is 2.10. The van der Waals surface area contributed by atoms with Crippen LogP contribution in [0.15, 0.2) is 53.2 Å². The molecular weight excluding hydrogens is 366 g/mol. The van der Waals surface area contributed by atoms with Gasteiger partial charge >= 0.3 is 18.5 Å². The van der Waals surface area contributed by atoms with Gasteiger partial charge in [0.15, 0.2) is 12.4 Å². The molecule has 0 aliphatic heterocycles. The first kappa shape index (κ1) is 19.6. The van der Waals surface area contributed by atoms with Crippen molar-refractivity contribution in [2.24, 2.45) is 0 Å². The second kappa shape index (κ2) is 9.70. The summed E-state index contributed by atoms with van der Waals surface area (Å²) in [7, 11) is 0. The Labute approximate surface area is 151 Å². The van der Waals surface area contributed by atoms with Crippen molar-refractivity contribution in [2.75, 3.05) is 6.61 Å². The zero-order valence-electron chi connectivity index (χ0n) is 13.7. The van der Waals surface area contributed by atoms with Crippen molar-refractivity contribution < 1.29 is 37.1 Å². The van der Waals surface area contributed by atoms with E-state index in [4.69, 9.17) is 4.42 Å². The standard InChI is InChI=1S/C17H14F2N2O6/c18-17(19)27-12-6-3-11(4-7-12)5-8-15(23)26-10-14(22)20-21-16(24)13-2-1-9-25-13/h1-9,17H,10H2,(H,20,22)(H,21,24)/b8-5+. The molecule has 0 fully saturated rings. The number of nitrogens with one attached hydrogen (secondary N) is 2. The quantitative estimate of drug-likeness (QED) is 0.432. The number of carbonyl (C=O) groups is 3. The molecule has 1 aromatic heterocycles. The summed E-state index contributed by atoms with van der Waals surface area (Å²) in [5.74, 6) is -2.25. The van der Waals surface area contributed by atoms with E-state index in [-0.39, 0.29) is 11.5 Å². The van der Waals surface area contributed by atoms with Gasteiger partial charge in [0, 0.05) is 6.08 Å². The Hall–Kier alpha value is -3.69. The SMILES string of the molecule is O=C(COC(=O)/C=C/c1ccc(OC(F)F)cc1)NNC(=O)c1ccco1. The molecule has 0 aliphatic rings. The lowest BCUT2D eigenvalue weighted by atomic mass is 10.2. The highest BCUT2D eigenvalue weighted by molar-refractivity contribution is 5.93. The van der Waals surface area contributed by atoms with E-state index in [2.05, 4.69) is 14.9 Å². The van der Waals surface area contributed by atoms with E-state index in [9.17, 15) is 23.2 Å². The van der Waals surface area contributed by atoms with Crippen molar-refractivity contribution in [3.63, 3.8) is 0 Å². The van der Waals surface area contributed by atoms with Crippen LogP contribution in [0.1, 0.15) is 16.1 Å². The number of benzene rings is 1. The number of alkyl halides is 2. The molecule has 0 atom stereocenters. The van der Waals surface area contributed by atoms with E-state index < -0.39 is 31.0 Å². The zero-order valence-corrected chi connectivity index (χ0v) is 13.7. The van der Waals surface area contributed by atoms with Crippen molar-refractivity contribution in [2.45, 2.75) is 6.61 Å². The van der Waals surface area contributed by atoms with Gasteiger partial charge in [0.1, 0.15) is 5.75 Å². The maximum absolute atomic E-state index is 12.0. The van der Waals surface area contributed by atoms with Crippen LogP contribution in [0.4, 0.5) is 8.78 Å². The molecular formula is C17H14F2N2O6. The molecule has 2 N–H and O–H groups in total. The Kier molecular flexibility index (Phi) is 7.06.